The topological polar surface area (TPSA) is 69.6 Å². The summed E-state index contributed by atoms with van der Waals surface area (Å²) in [5, 5.41) is 11.5. The molecule has 0 heterocycles. The average molecular weight is 296 g/mol. The highest BCUT2D eigenvalue weighted by molar-refractivity contribution is 5.78. The van der Waals surface area contributed by atoms with Gasteiger partial charge in [0.1, 0.15) is 5.82 Å². The second-order valence-corrected chi connectivity index (χ2v) is 4.91. The Kier molecular flexibility index (Phi) is 6.81. The van der Waals surface area contributed by atoms with Gasteiger partial charge in [-0.2, -0.15) is 0 Å². The summed E-state index contributed by atoms with van der Waals surface area (Å²) in [4.78, 5) is 24.4. The summed E-state index contributed by atoms with van der Waals surface area (Å²) in [6, 6.07) is 5.70. The zero-order chi connectivity index (χ0) is 15.8. The smallest absolute Gasteiger partial charge is 0.304 e. The molecule has 1 aromatic carbocycles. The van der Waals surface area contributed by atoms with Gasteiger partial charge in [-0.15, -0.1) is 0 Å². The van der Waals surface area contributed by atoms with E-state index in [1.54, 1.807) is 24.0 Å². The third-order valence-electron chi connectivity index (χ3n) is 3.25. The molecule has 1 unspecified atom stereocenters. The Morgan fingerprint density at radius 1 is 1.33 bits per heavy atom. The molecule has 0 saturated carbocycles. The molecule has 1 atom stereocenters. The Balaban J connectivity index is 2.43. The van der Waals surface area contributed by atoms with Gasteiger partial charge in [0, 0.05) is 12.6 Å². The zero-order valence-corrected chi connectivity index (χ0v) is 12.3. The normalized spacial score (nSPS) is 12.2. The van der Waals surface area contributed by atoms with Crippen LogP contribution >= 0.6 is 0 Å². The number of hydrogen-bond donors (Lipinski definition) is 2. The average Bonchev–Trinajstić information content (AvgIpc) is 2.43. The van der Waals surface area contributed by atoms with Crippen LogP contribution in [0.2, 0.25) is 0 Å². The Morgan fingerprint density at radius 2 is 1.95 bits per heavy atom. The molecule has 0 bridgehead atoms. The molecule has 0 aliphatic carbocycles. The number of halogens is 1. The second kappa shape index (κ2) is 8.36. The minimum atomic E-state index is -0.882. The third kappa shape index (κ3) is 6.35. The van der Waals surface area contributed by atoms with Crippen molar-refractivity contribution in [1.82, 2.24) is 10.2 Å². The first-order valence-corrected chi connectivity index (χ1v) is 6.89. The van der Waals surface area contributed by atoms with E-state index in [1.807, 2.05) is 6.92 Å². The lowest BCUT2D eigenvalue weighted by Gasteiger charge is -2.25. The van der Waals surface area contributed by atoms with Crippen LogP contribution in [0, 0.1) is 5.82 Å². The number of carbonyl (C=O) groups excluding carboxylic acids is 1. The van der Waals surface area contributed by atoms with E-state index >= 15 is 0 Å². The van der Waals surface area contributed by atoms with Gasteiger partial charge in [0.25, 0.3) is 0 Å². The highest BCUT2D eigenvalue weighted by Crippen LogP contribution is 2.04. The molecule has 1 aromatic rings. The molecule has 6 heteroatoms. The van der Waals surface area contributed by atoms with Gasteiger partial charge in [-0.25, -0.2) is 4.39 Å². The van der Waals surface area contributed by atoms with Crippen molar-refractivity contribution in [2.75, 3.05) is 13.1 Å². The Labute approximate surface area is 123 Å². The van der Waals surface area contributed by atoms with Crippen LogP contribution in [0.5, 0.6) is 0 Å². The molecule has 0 radical (unpaired) electrons. The molecule has 0 saturated heterocycles. The molecule has 0 spiro atoms. The van der Waals surface area contributed by atoms with Crippen molar-refractivity contribution in [3.63, 3.8) is 0 Å². The van der Waals surface area contributed by atoms with E-state index in [2.05, 4.69) is 5.32 Å². The van der Waals surface area contributed by atoms with Gasteiger partial charge in [0.05, 0.1) is 13.0 Å². The summed E-state index contributed by atoms with van der Waals surface area (Å²) < 4.78 is 12.8. The van der Waals surface area contributed by atoms with E-state index in [1.165, 1.54) is 12.1 Å². The predicted octanol–water partition coefficient (Wildman–Crippen LogP) is 1.63. The van der Waals surface area contributed by atoms with Crippen LogP contribution in [0.4, 0.5) is 4.39 Å². The van der Waals surface area contributed by atoms with Gasteiger partial charge < -0.3 is 10.4 Å². The summed E-state index contributed by atoms with van der Waals surface area (Å²) in [7, 11) is 0. The molecule has 0 aliphatic heterocycles. The fourth-order valence-electron chi connectivity index (χ4n) is 2.00. The van der Waals surface area contributed by atoms with Crippen molar-refractivity contribution in [3.8, 4) is 0 Å². The number of amides is 1. The highest BCUT2D eigenvalue weighted by Gasteiger charge is 2.17. The van der Waals surface area contributed by atoms with Gasteiger partial charge in [-0.1, -0.05) is 19.1 Å². The van der Waals surface area contributed by atoms with Crippen molar-refractivity contribution in [2.45, 2.75) is 32.9 Å². The van der Waals surface area contributed by atoms with Crippen LogP contribution in [0.25, 0.3) is 0 Å². The van der Waals surface area contributed by atoms with E-state index in [9.17, 15) is 14.0 Å². The first kappa shape index (κ1) is 17.1. The number of hydrogen-bond acceptors (Lipinski definition) is 3. The van der Waals surface area contributed by atoms with Crippen LogP contribution < -0.4 is 5.32 Å². The number of likely N-dealkylation sites (N-methyl/N-ethyl adjacent to an activating group) is 1. The summed E-state index contributed by atoms with van der Waals surface area (Å²) in [5.41, 5.74) is 0.811. The molecule has 21 heavy (non-hydrogen) atoms. The molecular formula is C15H21FN2O3. The van der Waals surface area contributed by atoms with Crippen LogP contribution in [-0.4, -0.2) is 41.0 Å². The van der Waals surface area contributed by atoms with Gasteiger partial charge in [0.2, 0.25) is 5.91 Å². The minimum Gasteiger partial charge on any atom is -0.481 e. The van der Waals surface area contributed by atoms with E-state index < -0.39 is 5.97 Å². The Bertz CT molecular complexity index is 476. The van der Waals surface area contributed by atoms with Crippen LogP contribution in [0.1, 0.15) is 25.8 Å². The SMILES string of the molecule is CCN(CC(=O)NCc1ccc(F)cc1)C(C)CC(=O)O. The Hall–Kier alpha value is -1.95. The largest absolute Gasteiger partial charge is 0.481 e. The van der Waals surface area contributed by atoms with E-state index in [4.69, 9.17) is 5.11 Å². The number of carboxylic acids is 1. The maximum atomic E-state index is 12.8. The summed E-state index contributed by atoms with van der Waals surface area (Å²) >= 11 is 0. The maximum Gasteiger partial charge on any atom is 0.304 e. The molecule has 2 N–H and O–H groups in total. The van der Waals surface area contributed by atoms with Crippen molar-refractivity contribution in [2.24, 2.45) is 0 Å². The summed E-state index contributed by atoms with van der Waals surface area (Å²) in [6.45, 7) is 4.73. The van der Waals surface area contributed by atoms with E-state index in [0.717, 1.165) is 5.56 Å². The predicted molar refractivity (Wildman–Crippen MR) is 77.2 cm³/mol. The molecule has 1 rings (SSSR count). The first-order valence-electron chi connectivity index (χ1n) is 6.89. The minimum absolute atomic E-state index is 0.000911. The third-order valence-corrected chi connectivity index (χ3v) is 3.25. The number of rotatable bonds is 8. The quantitative estimate of drug-likeness (QED) is 0.765. The molecule has 0 aliphatic rings. The first-order chi connectivity index (χ1) is 9.92. The lowest BCUT2D eigenvalue weighted by atomic mass is 10.2. The number of nitrogens with one attached hydrogen (secondary N) is 1. The number of carboxylic acid groups (broad SMARTS) is 1. The maximum absolute atomic E-state index is 12.8. The van der Waals surface area contributed by atoms with Crippen LogP contribution in [-0.2, 0) is 16.1 Å². The highest BCUT2D eigenvalue weighted by atomic mass is 19.1. The van der Waals surface area contributed by atoms with Crippen LogP contribution in [0.15, 0.2) is 24.3 Å². The van der Waals surface area contributed by atoms with Gasteiger partial charge in [0.15, 0.2) is 0 Å². The van der Waals surface area contributed by atoms with Crippen molar-refractivity contribution in [1.29, 1.82) is 0 Å². The van der Waals surface area contributed by atoms with Crippen LogP contribution in [0.3, 0.4) is 0 Å². The second-order valence-electron chi connectivity index (χ2n) is 4.91. The lowest BCUT2D eigenvalue weighted by Crippen LogP contribution is -2.42. The zero-order valence-electron chi connectivity index (χ0n) is 12.3. The number of nitrogens with zero attached hydrogens (tertiary/aromatic N) is 1. The number of aliphatic carboxylic acids is 1. The summed E-state index contributed by atoms with van der Waals surface area (Å²) in [6.07, 6.45) is -0.000911. The fraction of sp³-hybridized carbons (Fsp3) is 0.467. The van der Waals surface area contributed by atoms with Crippen molar-refractivity contribution in [3.05, 3.63) is 35.6 Å². The fourth-order valence-corrected chi connectivity index (χ4v) is 2.00. The van der Waals surface area contributed by atoms with Gasteiger partial charge in [-0.05, 0) is 31.2 Å². The number of benzene rings is 1. The van der Waals surface area contributed by atoms with Crippen molar-refractivity contribution < 1.29 is 19.1 Å². The molecule has 1 amide bonds. The molecular weight excluding hydrogens is 275 g/mol. The van der Waals surface area contributed by atoms with E-state index in [-0.39, 0.29) is 30.7 Å². The summed E-state index contributed by atoms with van der Waals surface area (Å²) in [5.74, 6) is -1.38. The van der Waals surface area contributed by atoms with Gasteiger partial charge in [-0.3, -0.25) is 14.5 Å². The van der Waals surface area contributed by atoms with Gasteiger partial charge >= 0.3 is 5.97 Å². The molecule has 116 valence electrons. The molecule has 0 aromatic heterocycles. The van der Waals surface area contributed by atoms with Crippen molar-refractivity contribution >= 4 is 11.9 Å². The molecule has 0 fully saturated rings. The molecule has 5 nitrogen and oxygen atoms in total. The van der Waals surface area contributed by atoms with E-state index in [0.29, 0.717) is 13.1 Å². The standard InChI is InChI=1S/C15H21FN2O3/c1-3-18(11(2)8-15(20)21)10-14(19)17-9-12-4-6-13(16)7-5-12/h4-7,11H,3,8-10H2,1-2H3,(H,17,19)(H,20,21). The lowest BCUT2D eigenvalue weighted by molar-refractivity contribution is -0.138. The monoisotopic (exact) mass is 296 g/mol. The Morgan fingerprint density at radius 3 is 2.48 bits per heavy atom. The number of carbonyl (C=O) groups is 2.